The zero-order chi connectivity index (χ0) is 15.6. The Balaban J connectivity index is 2.60. The van der Waals surface area contributed by atoms with E-state index < -0.39 is 0 Å². The standard InChI is InChI=1S/C18H23FN2/c1-12-9-10-16(19)14(11-12)17(21-20)13-7-5-6-8-15(13)18(2,3)4/h5-11,17,21H,20H2,1-4H3. The lowest BCUT2D eigenvalue weighted by molar-refractivity contribution is 0.534. The number of halogens is 1. The molecule has 1 unspecified atom stereocenters. The van der Waals surface area contributed by atoms with Gasteiger partial charge in [-0.15, -0.1) is 0 Å². The minimum atomic E-state index is -0.361. The second-order valence-electron chi connectivity index (χ2n) is 6.46. The predicted octanol–water partition coefficient (Wildman–Crippen LogP) is 3.98. The zero-order valence-electron chi connectivity index (χ0n) is 13.1. The average Bonchev–Trinajstić information content (AvgIpc) is 2.43. The van der Waals surface area contributed by atoms with Gasteiger partial charge >= 0.3 is 0 Å². The summed E-state index contributed by atoms with van der Waals surface area (Å²) in [6.07, 6.45) is 0. The highest BCUT2D eigenvalue weighted by Gasteiger charge is 2.24. The van der Waals surface area contributed by atoms with Gasteiger partial charge in [0.05, 0.1) is 6.04 Å². The minimum Gasteiger partial charge on any atom is -0.271 e. The van der Waals surface area contributed by atoms with E-state index in [0.717, 1.165) is 16.7 Å². The van der Waals surface area contributed by atoms with Crippen LogP contribution in [-0.4, -0.2) is 0 Å². The van der Waals surface area contributed by atoms with Crippen molar-refractivity contribution in [2.24, 2.45) is 5.84 Å². The maximum atomic E-state index is 14.2. The van der Waals surface area contributed by atoms with Gasteiger partial charge in [-0.2, -0.15) is 0 Å². The molecule has 21 heavy (non-hydrogen) atoms. The molecule has 112 valence electrons. The van der Waals surface area contributed by atoms with Gasteiger partial charge in [0.1, 0.15) is 5.82 Å². The summed E-state index contributed by atoms with van der Waals surface area (Å²) in [7, 11) is 0. The summed E-state index contributed by atoms with van der Waals surface area (Å²) >= 11 is 0. The molecule has 1 atom stereocenters. The molecule has 0 aliphatic rings. The molecule has 0 saturated carbocycles. The first-order valence-electron chi connectivity index (χ1n) is 7.16. The summed E-state index contributed by atoms with van der Waals surface area (Å²) in [5.74, 6) is 5.51. The van der Waals surface area contributed by atoms with Gasteiger partial charge in [0, 0.05) is 5.56 Å². The number of benzene rings is 2. The van der Waals surface area contributed by atoms with E-state index in [1.165, 1.54) is 6.07 Å². The lowest BCUT2D eigenvalue weighted by Gasteiger charge is -2.27. The molecule has 0 bridgehead atoms. The molecule has 0 amide bonds. The Kier molecular flexibility index (Phi) is 4.45. The van der Waals surface area contributed by atoms with Crippen LogP contribution in [0.4, 0.5) is 4.39 Å². The molecule has 0 saturated heterocycles. The number of hydrazine groups is 1. The summed E-state index contributed by atoms with van der Waals surface area (Å²) in [4.78, 5) is 0. The summed E-state index contributed by atoms with van der Waals surface area (Å²) < 4.78 is 14.2. The highest BCUT2D eigenvalue weighted by Crippen LogP contribution is 2.33. The molecule has 2 nitrogen and oxygen atoms in total. The van der Waals surface area contributed by atoms with Gasteiger partial charge in [-0.3, -0.25) is 5.84 Å². The summed E-state index contributed by atoms with van der Waals surface area (Å²) in [6, 6.07) is 12.8. The van der Waals surface area contributed by atoms with Crippen LogP contribution in [0.5, 0.6) is 0 Å². The van der Waals surface area contributed by atoms with Crippen LogP contribution in [-0.2, 0) is 5.41 Å². The second kappa shape index (κ2) is 5.96. The molecule has 3 N–H and O–H groups in total. The van der Waals surface area contributed by atoms with Crippen molar-refractivity contribution in [2.75, 3.05) is 0 Å². The minimum absolute atomic E-state index is 0.0357. The Labute approximate surface area is 126 Å². The van der Waals surface area contributed by atoms with Gasteiger partial charge in [-0.25, -0.2) is 9.82 Å². The van der Waals surface area contributed by atoms with Crippen molar-refractivity contribution < 1.29 is 4.39 Å². The van der Waals surface area contributed by atoms with Gasteiger partial charge in [-0.1, -0.05) is 62.7 Å². The predicted molar refractivity (Wildman–Crippen MR) is 85.4 cm³/mol. The molecule has 0 fully saturated rings. The monoisotopic (exact) mass is 286 g/mol. The van der Waals surface area contributed by atoms with E-state index in [-0.39, 0.29) is 17.3 Å². The lowest BCUT2D eigenvalue weighted by atomic mass is 9.80. The van der Waals surface area contributed by atoms with E-state index in [2.05, 4.69) is 32.3 Å². The fourth-order valence-electron chi connectivity index (χ4n) is 2.66. The van der Waals surface area contributed by atoms with Crippen molar-refractivity contribution >= 4 is 0 Å². The Morgan fingerprint density at radius 1 is 1.05 bits per heavy atom. The smallest absolute Gasteiger partial charge is 0.128 e. The first kappa shape index (κ1) is 15.7. The molecule has 0 spiro atoms. The topological polar surface area (TPSA) is 38.0 Å². The van der Waals surface area contributed by atoms with E-state index in [0.29, 0.717) is 5.56 Å². The van der Waals surface area contributed by atoms with Crippen LogP contribution in [0.25, 0.3) is 0 Å². The van der Waals surface area contributed by atoms with Crippen LogP contribution < -0.4 is 11.3 Å². The van der Waals surface area contributed by atoms with Crippen molar-refractivity contribution in [3.63, 3.8) is 0 Å². The van der Waals surface area contributed by atoms with Crippen LogP contribution in [0.1, 0.15) is 49.1 Å². The highest BCUT2D eigenvalue weighted by molar-refractivity contribution is 5.42. The van der Waals surface area contributed by atoms with Gasteiger partial charge in [0.15, 0.2) is 0 Å². The third kappa shape index (κ3) is 3.31. The molecule has 0 radical (unpaired) electrons. The number of rotatable bonds is 3. The molecular formula is C18H23FN2. The molecular weight excluding hydrogens is 263 g/mol. The molecule has 0 aromatic heterocycles. The molecule has 0 aliphatic carbocycles. The Morgan fingerprint density at radius 3 is 2.33 bits per heavy atom. The first-order chi connectivity index (χ1) is 9.84. The number of hydrogen-bond acceptors (Lipinski definition) is 2. The van der Waals surface area contributed by atoms with Crippen LogP contribution in [0.3, 0.4) is 0 Å². The fraction of sp³-hybridized carbons (Fsp3) is 0.333. The molecule has 2 rings (SSSR count). The second-order valence-corrected chi connectivity index (χ2v) is 6.46. The first-order valence-corrected chi connectivity index (χ1v) is 7.16. The van der Waals surface area contributed by atoms with Crippen LogP contribution in [0, 0.1) is 12.7 Å². The Bertz CT molecular complexity index is 629. The van der Waals surface area contributed by atoms with Crippen molar-refractivity contribution in [1.82, 2.24) is 5.43 Å². The van der Waals surface area contributed by atoms with Crippen molar-refractivity contribution in [3.8, 4) is 0 Å². The van der Waals surface area contributed by atoms with E-state index >= 15 is 0 Å². The van der Waals surface area contributed by atoms with Gasteiger partial charge < -0.3 is 0 Å². The SMILES string of the molecule is Cc1ccc(F)c(C(NN)c2ccccc2C(C)(C)C)c1. The number of aryl methyl sites for hydroxylation is 1. The van der Waals surface area contributed by atoms with Gasteiger partial charge in [0.25, 0.3) is 0 Å². The summed E-state index contributed by atoms with van der Waals surface area (Å²) in [6.45, 7) is 8.39. The van der Waals surface area contributed by atoms with Crippen LogP contribution in [0.2, 0.25) is 0 Å². The maximum absolute atomic E-state index is 14.2. The summed E-state index contributed by atoms with van der Waals surface area (Å²) in [5.41, 5.74) is 6.50. The lowest BCUT2D eigenvalue weighted by Crippen LogP contribution is -2.31. The Morgan fingerprint density at radius 2 is 1.71 bits per heavy atom. The Hall–Kier alpha value is -1.71. The number of nitrogens with one attached hydrogen (secondary N) is 1. The van der Waals surface area contributed by atoms with E-state index in [9.17, 15) is 4.39 Å². The van der Waals surface area contributed by atoms with Crippen LogP contribution in [0.15, 0.2) is 42.5 Å². The van der Waals surface area contributed by atoms with Crippen molar-refractivity contribution in [3.05, 3.63) is 70.5 Å². The molecule has 3 heteroatoms. The van der Waals surface area contributed by atoms with Gasteiger partial charge in [0.2, 0.25) is 0 Å². The number of hydrogen-bond donors (Lipinski definition) is 2. The van der Waals surface area contributed by atoms with E-state index in [1.54, 1.807) is 6.07 Å². The average molecular weight is 286 g/mol. The quantitative estimate of drug-likeness (QED) is 0.661. The third-order valence-electron chi connectivity index (χ3n) is 3.71. The fourth-order valence-corrected chi connectivity index (χ4v) is 2.66. The van der Waals surface area contributed by atoms with Crippen LogP contribution >= 0.6 is 0 Å². The molecule has 2 aromatic rings. The van der Waals surface area contributed by atoms with Crippen molar-refractivity contribution in [2.45, 2.75) is 39.2 Å². The normalized spacial score (nSPS) is 13.2. The highest BCUT2D eigenvalue weighted by atomic mass is 19.1. The third-order valence-corrected chi connectivity index (χ3v) is 3.71. The van der Waals surface area contributed by atoms with Crippen molar-refractivity contribution in [1.29, 1.82) is 0 Å². The zero-order valence-corrected chi connectivity index (χ0v) is 13.1. The maximum Gasteiger partial charge on any atom is 0.128 e. The molecule has 0 heterocycles. The largest absolute Gasteiger partial charge is 0.271 e. The van der Waals surface area contributed by atoms with E-state index in [1.807, 2.05) is 31.2 Å². The number of nitrogens with two attached hydrogens (primary N) is 1. The van der Waals surface area contributed by atoms with E-state index in [4.69, 9.17) is 5.84 Å². The van der Waals surface area contributed by atoms with Gasteiger partial charge in [-0.05, 0) is 29.5 Å². The molecule has 0 aliphatic heterocycles. The summed E-state index contributed by atoms with van der Waals surface area (Å²) in [5, 5.41) is 0. The molecule has 2 aromatic carbocycles.